The van der Waals surface area contributed by atoms with Crippen molar-refractivity contribution in [1.82, 2.24) is 0 Å². The lowest BCUT2D eigenvalue weighted by Gasteiger charge is -2.19. The zero-order chi connectivity index (χ0) is 13.1. The van der Waals surface area contributed by atoms with Gasteiger partial charge in [-0.15, -0.1) is 0 Å². The minimum atomic E-state index is -0.0833. The highest BCUT2D eigenvalue weighted by Crippen LogP contribution is 2.56. The van der Waals surface area contributed by atoms with Crippen molar-refractivity contribution in [1.29, 1.82) is 0 Å². The average Bonchev–Trinajstić information content (AvgIpc) is 3.06. The van der Waals surface area contributed by atoms with Crippen LogP contribution >= 0.6 is 0 Å². The number of nitrogens with zero attached hydrogens (tertiary/aromatic N) is 1. The maximum Gasteiger partial charge on any atom is 0.237 e. The molecule has 2 bridgehead atoms. The van der Waals surface area contributed by atoms with Gasteiger partial charge in [0.2, 0.25) is 11.8 Å². The molecule has 1 N–H and O–H groups in total. The minimum absolute atomic E-state index is 0.0344. The summed E-state index contributed by atoms with van der Waals surface area (Å²) in [6, 6.07) is 6.29. The van der Waals surface area contributed by atoms with Gasteiger partial charge in [0.1, 0.15) is 5.75 Å². The number of amides is 2. The summed E-state index contributed by atoms with van der Waals surface area (Å²) >= 11 is 0. The van der Waals surface area contributed by atoms with Gasteiger partial charge in [0.15, 0.2) is 0 Å². The van der Waals surface area contributed by atoms with E-state index in [0.29, 0.717) is 17.5 Å². The molecule has 3 fully saturated rings. The van der Waals surface area contributed by atoms with E-state index >= 15 is 0 Å². The summed E-state index contributed by atoms with van der Waals surface area (Å²) in [5.74, 6) is 0.728. The quantitative estimate of drug-likeness (QED) is 0.782. The molecule has 1 aromatic rings. The van der Waals surface area contributed by atoms with Gasteiger partial charge in [0.25, 0.3) is 0 Å². The Morgan fingerprint density at radius 1 is 0.947 bits per heavy atom. The van der Waals surface area contributed by atoms with Gasteiger partial charge in [-0.05, 0) is 55.4 Å². The van der Waals surface area contributed by atoms with Crippen LogP contribution in [0, 0.1) is 23.7 Å². The first-order chi connectivity index (χ1) is 9.16. The van der Waals surface area contributed by atoms with Gasteiger partial charge in [-0.3, -0.25) is 14.5 Å². The maximum absolute atomic E-state index is 12.5. The molecule has 1 aromatic carbocycles. The summed E-state index contributed by atoms with van der Waals surface area (Å²) in [4.78, 5) is 26.4. The Morgan fingerprint density at radius 3 is 2.00 bits per heavy atom. The van der Waals surface area contributed by atoms with Crippen LogP contribution in [0.1, 0.15) is 19.3 Å². The first kappa shape index (κ1) is 11.0. The number of benzene rings is 1. The normalized spacial score (nSPS) is 36.1. The number of aromatic hydroxyl groups is 1. The van der Waals surface area contributed by atoms with E-state index in [0.717, 1.165) is 19.3 Å². The van der Waals surface area contributed by atoms with E-state index in [9.17, 15) is 14.7 Å². The van der Waals surface area contributed by atoms with Crippen LogP contribution in [0.5, 0.6) is 5.75 Å². The van der Waals surface area contributed by atoms with Crippen molar-refractivity contribution in [2.45, 2.75) is 19.3 Å². The number of phenolic OH excluding ortho intramolecular Hbond substituents is 1. The molecule has 2 saturated carbocycles. The highest BCUT2D eigenvalue weighted by Gasteiger charge is 2.61. The van der Waals surface area contributed by atoms with Gasteiger partial charge in [-0.2, -0.15) is 0 Å². The van der Waals surface area contributed by atoms with Crippen molar-refractivity contribution in [2.75, 3.05) is 4.90 Å². The number of hydrogen-bond acceptors (Lipinski definition) is 3. The smallest absolute Gasteiger partial charge is 0.237 e. The van der Waals surface area contributed by atoms with Crippen molar-refractivity contribution >= 4 is 17.5 Å². The molecule has 3 aliphatic rings. The second kappa shape index (κ2) is 3.59. The summed E-state index contributed by atoms with van der Waals surface area (Å²) in [6.07, 6.45) is 3.23. The molecular weight excluding hydrogens is 242 g/mol. The zero-order valence-corrected chi connectivity index (χ0v) is 10.5. The van der Waals surface area contributed by atoms with Crippen molar-refractivity contribution in [3.8, 4) is 5.75 Å². The second-order valence-corrected chi connectivity index (χ2v) is 5.91. The number of carbonyl (C=O) groups is 2. The van der Waals surface area contributed by atoms with E-state index in [2.05, 4.69) is 0 Å². The summed E-state index contributed by atoms with van der Waals surface area (Å²) in [5.41, 5.74) is 0.585. The number of hydrogen-bond donors (Lipinski definition) is 1. The van der Waals surface area contributed by atoms with Crippen LogP contribution in [0.15, 0.2) is 24.3 Å². The lowest BCUT2D eigenvalue weighted by Crippen LogP contribution is -2.32. The van der Waals surface area contributed by atoms with Crippen LogP contribution < -0.4 is 4.90 Å². The molecule has 1 heterocycles. The summed E-state index contributed by atoms with van der Waals surface area (Å²) in [6.45, 7) is 0. The number of imide groups is 1. The molecule has 2 aliphatic carbocycles. The minimum Gasteiger partial charge on any atom is -0.508 e. The molecule has 0 spiro atoms. The van der Waals surface area contributed by atoms with E-state index in [4.69, 9.17) is 0 Å². The van der Waals surface area contributed by atoms with Crippen LogP contribution in [-0.2, 0) is 9.59 Å². The van der Waals surface area contributed by atoms with Crippen LogP contribution in [0.2, 0.25) is 0 Å². The third-order valence-corrected chi connectivity index (χ3v) is 5.04. The molecule has 0 radical (unpaired) electrons. The molecule has 1 saturated heterocycles. The Morgan fingerprint density at radius 2 is 1.47 bits per heavy atom. The number of carbonyl (C=O) groups excluding carboxylic acids is 2. The highest BCUT2D eigenvalue weighted by atomic mass is 16.3. The third-order valence-electron chi connectivity index (χ3n) is 5.04. The second-order valence-electron chi connectivity index (χ2n) is 5.91. The summed E-state index contributed by atoms with van der Waals surface area (Å²) in [5, 5.41) is 9.30. The molecule has 4 rings (SSSR count). The van der Waals surface area contributed by atoms with Gasteiger partial charge in [0.05, 0.1) is 17.5 Å². The molecule has 2 amide bonds. The standard InChI is InChI=1S/C15H15NO3/c17-11-5-3-10(4-6-11)16-14(18)12-8-1-2-9(7-8)13(12)15(16)19/h3-6,8-9,12-13,17H,1-2,7H2/t8-,9+,12-,13+. The van der Waals surface area contributed by atoms with Gasteiger partial charge >= 0.3 is 0 Å². The van der Waals surface area contributed by atoms with Crippen LogP contribution in [0.3, 0.4) is 0 Å². The van der Waals surface area contributed by atoms with Gasteiger partial charge in [-0.25, -0.2) is 0 Å². The Hall–Kier alpha value is -1.84. The van der Waals surface area contributed by atoms with Crippen molar-refractivity contribution < 1.29 is 14.7 Å². The Bertz CT molecular complexity index is 537. The summed E-state index contributed by atoms with van der Waals surface area (Å²) in [7, 11) is 0. The van der Waals surface area contributed by atoms with Crippen LogP contribution in [0.25, 0.3) is 0 Å². The number of phenols is 1. The molecule has 0 aromatic heterocycles. The largest absolute Gasteiger partial charge is 0.508 e. The first-order valence-corrected chi connectivity index (χ1v) is 6.83. The fourth-order valence-corrected chi connectivity index (χ4v) is 4.26. The number of fused-ring (bicyclic) bond motifs is 5. The molecular formula is C15H15NO3. The molecule has 1 aliphatic heterocycles. The van der Waals surface area contributed by atoms with Crippen LogP contribution in [0.4, 0.5) is 5.69 Å². The van der Waals surface area contributed by atoms with Crippen molar-refractivity contribution in [3.63, 3.8) is 0 Å². The Balaban J connectivity index is 1.73. The van der Waals surface area contributed by atoms with E-state index in [1.165, 1.54) is 17.0 Å². The molecule has 19 heavy (non-hydrogen) atoms. The Kier molecular flexibility index (Phi) is 2.08. The van der Waals surface area contributed by atoms with Crippen molar-refractivity contribution in [3.05, 3.63) is 24.3 Å². The molecule has 98 valence electrons. The molecule has 4 heteroatoms. The maximum atomic E-state index is 12.5. The number of rotatable bonds is 1. The zero-order valence-electron chi connectivity index (χ0n) is 10.5. The summed E-state index contributed by atoms with van der Waals surface area (Å²) < 4.78 is 0. The lowest BCUT2D eigenvalue weighted by atomic mass is 9.81. The fourth-order valence-electron chi connectivity index (χ4n) is 4.26. The van der Waals surface area contributed by atoms with E-state index < -0.39 is 0 Å². The average molecular weight is 257 g/mol. The molecule has 0 unspecified atom stereocenters. The van der Waals surface area contributed by atoms with Gasteiger partial charge < -0.3 is 5.11 Å². The van der Waals surface area contributed by atoms with Crippen LogP contribution in [-0.4, -0.2) is 16.9 Å². The predicted molar refractivity (Wildman–Crippen MR) is 68.4 cm³/mol. The van der Waals surface area contributed by atoms with Gasteiger partial charge in [-0.1, -0.05) is 0 Å². The molecule has 4 atom stereocenters. The van der Waals surface area contributed by atoms with Crippen molar-refractivity contribution in [2.24, 2.45) is 23.7 Å². The fraction of sp³-hybridized carbons (Fsp3) is 0.467. The lowest BCUT2D eigenvalue weighted by molar-refractivity contribution is -0.123. The topological polar surface area (TPSA) is 57.6 Å². The van der Waals surface area contributed by atoms with E-state index in [1.54, 1.807) is 12.1 Å². The van der Waals surface area contributed by atoms with E-state index in [-0.39, 0.29) is 29.4 Å². The SMILES string of the molecule is O=C1[C@@H]2[C@@H]3CC[C@@H](C3)[C@@H]2C(=O)N1c1ccc(O)cc1. The van der Waals surface area contributed by atoms with E-state index in [1.807, 2.05) is 0 Å². The first-order valence-electron chi connectivity index (χ1n) is 6.83. The predicted octanol–water partition coefficient (Wildman–Crippen LogP) is 1.93. The third kappa shape index (κ3) is 1.34. The monoisotopic (exact) mass is 257 g/mol. The Labute approximate surface area is 111 Å². The van der Waals surface area contributed by atoms with Gasteiger partial charge in [0, 0.05) is 0 Å². The molecule has 4 nitrogen and oxygen atoms in total. The number of anilines is 1. The highest BCUT2D eigenvalue weighted by molar-refractivity contribution is 6.22.